The smallest absolute Gasteiger partial charge is 0.306 e. The van der Waals surface area contributed by atoms with Crippen LogP contribution in [0.15, 0.2) is 158 Å². The summed E-state index contributed by atoms with van der Waals surface area (Å²) in [5.74, 6) is -0.592. The quantitative estimate of drug-likeness (QED) is 0.0373. The van der Waals surface area contributed by atoms with Crippen molar-refractivity contribution in [1.29, 1.82) is 0 Å². The van der Waals surface area contributed by atoms with E-state index in [0.717, 1.165) is 116 Å². The molecule has 0 saturated heterocycles. The molecule has 0 heterocycles. The standard InChI is InChI=1S/C83H138O5/c1-3-5-7-9-11-13-15-17-19-21-23-25-27-29-31-33-35-37-38-39-40-41-42-43-44-46-48-50-52-54-56-58-60-62-64-66-68-70-72-74-76-78-83(86)88-81(79-84)80-87-82(85)77-75-73-71-69-67-65-63-61-59-57-55-53-51-49-47-45-36-34-32-30-28-26-24-22-20-18-16-14-12-10-8-6-4-2/h5,7,11,13,16-19,22-25,28-31,35,37,39-40,42-43,46,48,52,54,81,84H,3-4,6,8-10,12,14-15,20-21,26-27,32-34,36,38,41,44-45,47,49-51,53,55-80H2,1-2H3/b7-5-,13-11-,18-16-,19-17-,24-22-,25-23-,30-28-,31-29-,37-35-,40-39-,43-42-,48-46-,54-52-. The molecule has 5 heteroatoms. The van der Waals surface area contributed by atoms with Crippen LogP contribution in [0.5, 0.6) is 0 Å². The number of unbranched alkanes of at least 4 members (excludes halogenated alkanes) is 33. The summed E-state index contributed by atoms with van der Waals surface area (Å²) in [7, 11) is 0. The zero-order valence-corrected chi connectivity index (χ0v) is 57.4. The van der Waals surface area contributed by atoms with Crippen molar-refractivity contribution in [3.05, 3.63) is 158 Å². The molecule has 0 aliphatic heterocycles. The third kappa shape index (κ3) is 74.0. The van der Waals surface area contributed by atoms with Crippen LogP contribution in [-0.4, -0.2) is 36.4 Å². The Morgan fingerprint density at radius 2 is 0.489 bits per heavy atom. The van der Waals surface area contributed by atoms with E-state index in [1.54, 1.807) is 0 Å². The van der Waals surface area contributed by atoms with Crippen molar-refractivity contribution >= 4 is 11.9 Å². The maximum absolute atomic E-state index is 12.4. The molecule has 0 fully saturated rings. The molecule has 500 valence electrons. The number of ether oxygens (including phenoxy) is 2. The molecule has 0 aromatic heterocycles. The van der Waals surface area contributed by atoms with Crippen LogP contribution in [0.1, 0.15) is 335 Å². The molecule has 0 bridgehead atoms. The van der Waals surface area contributed by atoms with Gasteiger partial charge in [-0.05, 0) is 128 Å². The Labute approximate surface area is 545 Å². The molecule has 0 rings (SSSR count). The highest BCUT2D eigenvalue weighted by Crippen LogP contribution is 2.17. The SMILES string of the molecule is CC/C=C\C/C=C\C/C=C\C/C=C\C/C=C\C/C=C\C/C=C\C/C=C\C/C=C\C/C=C\CCCCCCCCCCCCC(=O)OC(CO)COC(=O)CCCCCCCCCCCCCCCCCCCC/C=C\C/C=C\C/C=C\CCCCCCC. The van der Waals surface area contributed by atoms with Gasteiger partial charge in [0.25, 0.3) is 0 Å². The van der Waals surface area contributed by atoms with Crippen LogP contribution >= 0.6 is 0 Å². The van der Waals surface area contributed by atoms with E-state index in [0.29, 0.717) is 12.8 Å². The second kappa shape index (κ2) is 76.8. The van der Waals surface area contributed by atoms with Gasteiger partial charge in [-0.3, -0.25) is 9.59 Å². The van der Waals surface area contributed by atoms with E-state index in [9.17, 15) is 14.7 Å². The first kappa shape index (κ1) is 83.5. The highest BCUT2D eigenvalue weighted by molar-refractivity contribution is 5.70. The van der Waals surface area contributed by atoms with Gasteiger partial charge in [0, 0.05) is 12.8 Å². The Balaban J connectivity index is 3.53. The van der Waals surface area contributed by atoms with E-state index in [-0.39, 0.29) is 25.2 Å². The van der Waals surface area contributed by atoms with Crippen LogP contribution in [0.25, 0.3) is 0 Å². The fourth-order valence-corrected chi connectivity index (χ4v) is 10.3. The van der Waals surface area contributed by atoms with Crippen molar-refractivity contribution in [3.8, 4) is 0 Å². The Hall–Kier alpha value is -4.48. The number of carbonyl (C=O) groups is 2. The fourth-order valence-electron chi connectivity index (χ4n) is 10.3. The zero-order valence-electron chi connectivity index (χ0n) is 57.4. The molecule has 0 spiro atoms. The summed E-state index contributed by atoms with van der Waals surface area (Å²) in [5, 5.41) is 9.72. The number of esters is 2. The highest BCUT2D eigenvalue weighted by Gasteiger charge is 2.16. The molecule has 0 radical (unpaired) electrons. The van der Waals surface area contributed by atoms with E-state index in [2.05, 4.69) is 172 Å². The lowest BCUT2D eigenvalue weighted by atomic mass is 10.0. The van der Waals surface area contributed by atoms with Crippen molar-refractivity contribution in [1.82, 2.24) is 0 Å². The van der Waals surface area contributed by atoms with Gasteiger partial charge in [0.05, 0.1) is 6.61 Å². The average molecular weight is 1220 g/mol. The summed E-state index contributed by atoms with van der Waals surface area (Å²) in [5.41, 5.74) is 0. The predicted octanol–water partition coefficient (Wildman–Crippen LogP) is 26.2. The van der Waals surface area contributed by atoms with E-state index >= 15 is 0 Å². The lowest BCUT2D eigenvalue weighted by molar-refractivity contribution is -0.161. The van der Waals surface area contributed by atoms with Crippen molar-refractivity contribution in [2.75, 3.05) is 13.2 Å². The van der Waals surface area contributed by atoms with Crippen LogP contribution in [-0.2, 0) is 19.1 Å². The van der Waals surface area contributed by atoms with E-state index in [4.69, 9.17) is 9.47 Å². The van der Waals surface area contributed by atoms with Crippen LogP contribution in [0.2, 0.25) is 0 Å². The minimum atomic E-state index is -0.785. The number of hydrogen-bond donors (Lipinski definition) is 1. The number of allylic oxidation sites excluding steroid dienone is 26. The van der Waals surface area contributed by atoms with Gasteiger partial charge in [-0.2, -0.15) is 0 Å². The minimum Gasteiger partial charge on any atom is -0.462 e. The first-order valence-electron chi connectivity index (χ1n) is 37.0. The van der Waals surface area contributed by atoms with Gasteiger partial charge in [0.2, 0.25) is 0 Å². The summed E-state index contributed by atoms with van der Waals surface area (Å²) < 4.78 is 10.8. The Bertz CT molecular complexity index is 1860. The molecular weight excluding hydrogens is 1080 g/mol. The van der Waals surface area contributed by atoms with Crippen LogP contribution in [0.4, 0.5) is 0 Å². The summed E-state index contributed by atoms with van der Waals surface area (Å²) in [6.07, 6.45) is 117. The van der Waals surface area contributed by atoms with Gasteiger partial charge in [0.1, 0.15) is 6.61 Å². The molecule has 0 amide bonds. The number of aliphatic hydroxyl groups is 1. The summed E-state index contributed by atoms with van der Waals surface area (Å²) >= 11 is 0. The van der Waals surface area contributed by atoms with Crippen molar-refractivity contribution < 1.29 is 24.2 Å². The molecule has 0 aliphatic carbocycles. The third-order valence-electron chi connectivity index (χ3n) is 15.8. The molecule has 5 nitrogen and oxygen atoms in total. The second-order valence-corrected chi connectivity index (χ2v) is 24.3. The molecule has 1 N–H and O–H groups in total. The van der Waals surface area contributed by atoms with Gasteiger partial charge in [-0.15, -0.1) is 0 Å². The molecule has 0 saturated carbocycles. The van der Waals surface area contributed by atoms with Crippen LogP contribution in [0.3, 0.4) is 0 Å². The Kier molecular flexibility index (Phi) is 72.9. The molecule has 88 heavy (non-hydrogen) atoms. The molecule has 0 aliphatic rings. The first-order valence-corrected chi connectivity index (χ1v) is 37.0. The highest BCUT2D eigenvalue weighted by atomic mass is 16.6. The predicted molar refractivity (Wildman–Crippen MR) is 389 cm³/mol. The van der Waals surface area contributed by atoms with Gasteiger partial charge < -0.3 is 14.6 Å². The van der Waals surface area contributed by atoms with E-state index in [1.807, 2.05) is 0 Å². The zero-order chi connectivity index (χ0) is 63.3. The molecule has 0 aromatic rings. The second-order valence-electron chi connectivity index (χ2n) is 24.3. The number of rotatable bonds is 67. The summed E-state index contributed by atoms with van der Waals surface area (Å²) in [6, 6.07) is 0. The van der Waals surface area contributed by atoms with Crippen LogP contribution in [0, 0.1) is 0 Å². The normalized spacial score (nSPS) is 13.2. The topological polar surface area (TPSA) is 72.8 Å². The maximum Gasteiger partial charge on any atom is 0.306 e. The van der Waals surface area contributed by atoms with Crippen molar-refractivity contribution in [2.24, 2.45) is 0 Å². The van der Waals surface area contributed by atoms with Gasteiger partial charge in [-0.25, -0.2) is 0 Å². The fraction of sp³-hybridized carbons (Fsp3) is 0.663. The number of aliphatic hydroxyl groups excluding tert-OH is 1. The van der Waals surface area contributed by atoms with Crippen molar-refractivity contribution in [3.63, 3.8) is 0 Å². The number of hydrogen-bond acceptors (Lipinski definition) is 5. The van der Waals surface area contributed by atoms with Gasteiger partial charge >= 0.3 is 11.9 Å². The summed E-state index contributed by atoms with van der Waals surface area (Å²) in [6.45, 7) is 4.03. The lowest BCUT2D eigenvalue weighted by Crippen LogP contribution is -2.28. The Morgan fingerprint density at radius 3 is 0.739 bits per heavy atom. The monoisotopic (exact) mass is 1220 g/mol. The first-order chi connectivity index (χ1) is 43.6. The molecule has 0 aromatic carbocycles. The van der Waals surface area contributed by atoms with Gasteiger partial charge in [0.15, 0.2) is 6.10 Å². The lowest BCUT2D eigenvalue weighted by Gasteiger charge is -2.15. The largest absolute Gasteiger partial charge is 0.462 e. The maximum atomic E-state index is 12.4. The molecular formula is C83H138O5. The van der Waals surface area contributed by atoms with E-state index in [1.165, 1.54) is 193 Å². The number of carbonyl (C=O) groups excluding carboxylic acids is 2. The van der Waals surface area contributed by atoms with Crippen molar-refractivity contribution in [2.45, 2.75) is 341 Å². The average Bonchev–Trinajstić information content (AvgIpc) is 3.56. The molecule has 1 atom stereocenters. The summed E-state index contributed by atoms with van der Waals surface area (Å²) in [4.78, 5) is 24.7. The van der Waals surface area contributed by atoms with Crippen LogP contribution < -0.4 is 0 Å². The van der Waals surface area contributed by atoms with E-state index < -0.39 is 6.10 Å². The third-order valence-corrected chi connectivity index (χ3v) is 15.8. The molecule has 1 unspecified atom stereocenters. The Morgan fingerprint density at radius 1 is 0.273 bits per heavy atom. The van der Waals surface area contributed by atoms with Gasteiger partial charge in [-0.1, -0.05) is 352 Å². The minimum absolute atomic E-state index is 0.0727.